The van der Waals surface area contributed by atoms with Crippen molar-refractivity contribution in [1.82, 2.24) is 4.31 Å². The first-order chi connectivity index (χ1) is 14.3. The molecular weight excluding hydrogens is 404 g/mol. The standard InChI is InChI=1S/C22H30N2O5S/c1-18(25)24(17-22(28-3)29-4)21-12-10-19(11-13-21)14-15-30(26,27)23(2)16-20-8-6-5-7-9-20/h5-13,22H,14-17H2,1-4H3. The molecule has 1 amide bonds. The fraction of sp³-hybridized carbons (Fsp3) is 0.409. The second kappa shape index (κ2) is 11.2. The van der Waals surface area contributed by atoms with Crippen molar-refractivity contribution in [2.45, 2.75) is 26.2 Å². The molecule has 0 saturated carbocycles. The fourth-order valence-corrected chi connectivity index (χ4v) is 4.15. The number of aryl methyl sites for hydroxylation is 1. The molecule has 0 spiro atoms. The Morgan fingerprint density at radius 2 is 1.57 bits per heavy atom. The van der Waals surface area contributed by atoms with Crippen LogP contribution in [-0.2, 0) is 37.3 Å². The number of carbonyl (C=O) groups excluding carboxylic acids is 1. The summed E-state index contributed by atoms with van der Waals surface area (Å²) in [7, 11) is 1.25. The molecule has 0 radical (unpaired) electrons. The summed E-state index contributed by atoms with van der Waals surface area (Å²) in [4.78, 5) is 13.6. The average Bonchev–Trinajstić information content (AvgIpc) is 2.74. The van der Waals surface area contributed by atoms with Crippen LogP contribution in [0.1, 0.15) is 18.1 Å². The van der Waals surface area contributed by atoms with Crippen molar-refractivity contribution in [2.24, 2.45) is 0 Å². The lowest BCUT2D eigenvalue weighted by Crippen LogP contribution is -2.37. The van der Waals surface area contributed by atoms with Crippen molar-refractivity contribution in [3.8, 4) is 0 Å². The van der Waals surface area contributed by atoms with Crippen LogP contribution < -0.4 is 4.90 Å². The van der Waals surface area contributed by atoms with E-state index in [1.54, 1.807) is 24.1 Å². The maximum Gasteiger partial charge on any atom is 0.224 e. The summed E-state index contributed by atoms with van der Waals surface area (Å²) in [6.45, 7) is 2.08. The van der Waals surface area contributed by atoms with Crippen molar-refractivity contribution in [2.75, 3.05) is 38.5 Å². The third-order valence-electron chi connectivity index (χ3n) is 4.86. The molecular formula is C22H30N2O5S. The van der Waals surface area contributed by atoms with Crippen LogP contribution in [0.2, 0.25) is 0 Å². The van der Waals surface area contributed by atoms with Crippen molar-refractivity contribution in [3.63, 3.8) is 0 Å². The maximum absolute atomic E-state index is 12.6. The molecule has 2 aromatic carbocycles. The second-order valence-corrected chi connectivity index (χ2v) is 9.20. The van der Waals surface area contributed by atoms with E-state index in [2.05, 4.69) is 0 Å². The summed E-state index contributed by atoms with van der Waals surface area (Å²) < 4.78 is 36.9. The molecule has 30 heavy (non-hydrogen) atoms. The zero-order valence-electron chi connectivity index (χ0n) is 17.9. The van der Waals surface area contributed by atoms with E-state index in [1.165, 1.54) is 25.4 Å². The van der Waals surface area contributed by atoms with Crippen molar-refractivity contribution >= 4 is 21.6 Å². The average molecular weight is 435 g/mol. The minimum Gasteiger partial charge on any atom is -0.354 e. The van der Waals surface area contributed by atoms with E-state index in [4.69, 9.17) is 9.47 Å². The number of anilines is 1. The van der Waals surface area contributed by atoms with E-state index in [-0.39, 0.29) is 18.2 Å². The number of methoxy groups -OCH3 is 2. The monoisotopic (exact) mass is 434 g/mol. The highest BCUT2D eigenvalue weighted by Gasteiger charge is 2.19. The molecule has 2 rings (SSSR count). The Balaban J connectivity index is 1.99. The predicted molar refractivity (Wildman–Crippen MR) is 118 cm³/mol. The van der Waals surface area contributed by atoms with Crippen molar-refractivity contribution in [1.29, 1.82) is 0 Å². The summed E-state index contributed by atoms with van der Waals surface area (Å²) in [5, 5.41) is 0. The van der Waals surface area contributed by atoms with Crippen LogP contribution in [0.15, 0.2) is 54.6 Å². The molecule has 0 aliphatic rings. The van der Waals surface area contributed by atoms with Crippen LogP contribution >= 0.6 is 0 Å². The first kappa shape index (κ1) is 24.0. The van der Waals surface area contributed by atoms with Gasteiger partial charge in [0.1, 0.15) is 0 Å². The largest absolute Gasteiger partial charge is 0.354 e. The lowest BCUT2D eigenvalue weighted by Gasteiger charge is -2.25. The Morgan fingerprint density at radius 3 is 2.10 bits per heavy atom. The van der Waals surface area contributed by atoms with Gasteiger partial charge in [0, 0.05) is 40.4 Å². The number of rotatable bonds is 11. The number of ether oxygens (including phenoxy) is 2. The predicted octanol–water partition coefficient (Wildman–Crippen LogP) is 2.66. The zero-order valence-corrected chi connectivity index (χ0v) is 18.8. The van der Waals surface area contributed by atoms with Gasteiger partial charge in [0.2, 0.25) is 15.9 Å². The summed E-state index contributed by atoms with van der Waals surface area (Å²) in [6.07, 6.45) is -0.139. The van der Waals surface area contributed by atoms with Gasteiger partial charge in [-0.15, -0.1) is 0 Å². The molecule has 0 aliphatic carbocycles. The quantitative estimate of drug-likeness (QED) is 0.508. The molecule has 0 bridgehead atoms. The Morgan fingerprint density at radius 1 is 0.967 bits per heavy atom. The number of nitrogens with zero attached hydrogens (tertiary/aromatic N) is 2. The Labute approximate surface area is 179 Å². The lowest BCUT2D eigenvalue weighted by atomic mass is 10.1. The molecule has 0 heterocycles. The van der Waals surface area contributed by atoms with Gasteiger partial charge in [0.15, 0.2) is 6.29 Å². The van der Waals surface area contributed by atoms with E-state index < -0.39 is 16.3 Å². The normalized spacial score (nSPS) is 11.8. The molecule has 0 saturated heterocycles. The van der Waals surface area contributed by atoms with Gasteiger partial charge in [0.25, 0.3) is 0 Å². The van der Waals surface area contributed by atoms with E-state index in [0.717, 1.165) is 11.1 Å². The van der Waals surface area contributed by atoms with Gasteiger partial charge in [-0.2, -0.15) is 0 Å². The number of benzene rings is 2. The number of hydrogen-bond donors (Lipinski definition) is 0. The number of amides is 1. The van der Waals surface area contributed by atoms with Gasteiger partial charge in [-0.25, -0.2) is 12.7 Å². The van der Waals surface area contributed by atoms with Crippen molar-refractivity contribution < 1.29 is 22.7 Å². The SMILES string of the molecule is COC(CN(C(C)=O)c1ccc(CCS(=O)(=O)N(C)Cc2ccccc2)cc1)OC. The third-order valence-corrected chi connectivity index (χ3v) is 6.66. The van der Waals surface area contributed by atoms with Crippen LogP contribution in [0.5, 0.6) is 0 Å². The zero-order chi connectivity index (χ0) is 22.1. The molecule has 0 unspecified atom stereocenters. The Bertz CT molecular complexity index is 897. The Kier molecular flexibility index (Phi) is 8.98. The van der Waals surface area contributed by atoms with Gasteiger partial charge < -0.3 is 14.4 Å². The van der Waals surface area contributed by atoms with Gasteiger partial charge in [-0.3, -0.25) is 4.79 Å². The summed E-state index contributed by atoms with van der Waals surface area (Å²) in [6, 6.07) is 16.8. The first-order valence-electron chi connectivity index (χ1n) is 9.67. The van der Waals surface area contributed by atoms with E-state index >= 15 is 0 Å². The van der Waals surface area contributed by atoms with Gasteiger partial charge in [-0.05, 0) is 29.7 Å². The molecule has 2 aromatic rings. The minimum atomic E-state index is -3.38. The highest BCUT2D eigenvalue weighted by molar-refractivity contribution is 7.89. The van der Waals surface area contributed by atoms with Crippen LogP contribution in [0.25, 0.3) is 0 Å². The molecule has 0 aliphatic heterocycles. The minimum absolute atomic E-state index is 0.0154. The van der Waals surface area contributed by atoms with E-state index in [0.29, 0.717) is 18.7 Å². The van der Waals surface area contributed by atoms with Crippen LogP contribution in [-0.4, -0.2) is 58.5 Å². The lowest BCUT2D eigenvalue weighted by molar-refractivity contribution is -0.121. The molecule has 0 aromatic heterocycles. The summed E-state index contributed by atoms with van der Waals surface area (Å²) in [5.41, 5.74) is 2.53. The van der Waals surface area contributed by atoms with Gasteiger partial charge >= 0.3 is 0 Å². The van der Waals surface area contributed by atoms with Gasteiger partial charge in [-0.1, -0.05) is 42.5 Å². The van der Waals surface area contributed by atoms with Gasteiger partial charge in [0.05, 0.1) is 12.3 Å². The number of carbonyl (C=O) groups is 1. The van der Waals surface area contributed by atoms with Crippen molar-refractivity contribution in [3.05, 3.63) is 65.7 Å². The fourth-order valence-electron chi connectivity index (χ4n) is 2.99. The number of hydrogen-bond acceptors (Lipinski definition) is 5. The highest BCUT2D eigenvalue weighted by Crippen LogP contribution is 2.18. The molecule has 0 atom stereocenters. The molecule has 0 N–H and O–H groups in total. The summed E-state index contributed by atoms with van der Waals surface area (Å²) in [5.74, 6) is -0.117. The second-order valence-electron chi connectivity index (χ2n) is 7.00. The summed E-state index contributed by atoms with van der Waals surface area (Å²) >= 11 is 0. The highest BCUT2D eigenvalue weighted by atomic mass is 32.2. The first-order valence-corrected chi connectivity index (χ1v) is 11.3. The van der Waals surface area contributed by atoms with E-state index in [1.807, 2.05) is 42.5 Å². The molecule has 164 valence electrons. The van der Waals surface area contributed by atoms with Crippen LogP contribution in [0, 0.1) is 0 Å². The van der Waals surface area contributed by atoms with Crippen LogP contribution in [0.3, 0.4) is 0 Å². The molecule has 8 heteroatoms. The maximum atomic E-state index is 12.6. The smallest absolute Gasteiger partial charge is 0.224 e. The Hall–Kier alpha value is -2.26. The molecule has 0 fully saturated rings. The third kappa shape index (κ3) is 6.91. The molecule has 7 nitrogen and oxygen atoms in total. The number of sulfonamides is 1. The van der Waals surface area contributed by atoms with E-state index in [9.17, 15) is 13.2 Å². The van der Waals surface area contributed by atoms with Crippen LogP contribution in [0.4, 0.5) is 5.69 Å². The topological polar surface area (TPSA) is 76.2 Å².